The van der Waals surface area contributed by atoms with Crippen molar-refractivity contribution in [3.8, 4) is 0 Å². The zero-order valence-corrected chi connectivity index (χ0v) is 10.0. The van der Waals surface area contributed by atoms with Crippen LogP contribution in [-0.4, -0.2) is 0 Å². The molecule has 0 atom stereocenters. The van der Waals surface area contributed by atoms with Gasteiger partial charge in [-0.3, -0.25) is 0 Å². The van der Waals surface area contributed by atoms with Crippen molar-refractivity contribution in [2.24, 2.45) is 14.1 Å². The van der Waals surface area contributed by atoms with Crippen molar-refractivity contribution in [3.05, 3.63) is 61.2 Å². The van der Waals surface area contributed by atoms with Crippen LogP contribution in [0.1, 0.15) is 0 Å². The summed E-state index contributed by atoms with van der Waals surface area (Å²) in [5.74, 6) is 0. The Morgan fingerprint density at radius 3 is 0.933 bits per heavy atom. The van der Waals surface area contributed by atoms with Gasteiger partial charge in [0, 0.05) is 24.3 Å². The molecule has 0 amide bonds. The number of hydrogen-bond acceptors (Lipinski definition) is 0. The Labute approximate surface area is 101 Å². The molecule has 2 aromatic rings. The van der Waals surface area contributed by atoms with Gasteiger partial charge >= 0.3 is 16.8 Å². The monoisotopic (exact) mass is 247 g/mol. The minimum atomic E-state index is 0. The molecule has 0 aliphatic rings. The van der Waals surface area contributed by atoms with Crippen LogP contribution in [0, 0.1) is 0 Å². The molecule has 0 aliphatic carbocycles. The summed E-state index contributed by atoms with van der Waals surface area (Å²) in [7, 11) is 4.00. The molecule has 2 aromatic heterocycles. The summed E-state index contributed by atoms with van der Waals surface area (Å²) in [6, 6.07) is 12.0. The summed E-state index contributed by atoms with van der Waals surface area (Å²) in [5, 5.41) is 0. The van der Waals surface area contributed by atoms with E-state index in [0.29, 0.717) is 0 Å². The number of aryl methyl sites for hydroxylation is 2. The van der Waals surface area contributed by atoms with E-state index in [1.54, 1.807) is 0 Å². The van der Waals surface area contributed by atoms with Crippen molar-refractivity contribution in [2.45, 2.75) is 0 Å². The maximum atomic E-state index is 2.00. The van der Waals surface area contributed by atoms with E-state index in [9.17, 15) is 0 Å². The van der Waals surface area contributed by atoms with E-state index in [4.69, 9.17) is 0 Å². The molecule has 0 unspecified atom stereocenters. The molecule has 2 rings (SSSR count). The van der Waals surface area contributed by atoms with Crippen LogP contribution in [0.25, 0.3) is 0 Å². The summed E-state index contributed by atoms with van der Waals surface area (Å²) >= 11 is 0. The van der Waals surface area contributed by atoms with E-state index < -0.39 is 0 Å². The predicted octanol–water partition coefficient (Wildman–Crippen LogP) is 1.02. The van der Waals surface area contributed by atoms with Crippen LogP contribution >= 0.6 is 0 Å². The molecular formula is C12H16CoN2+4. The second-order valence-corrected chi connectivity index (χ2v) is 3.08. The normalized spacial score (nSPS) is 8.13. The first-order valence-corrected chi connectivity index (χ1v) is 4.59. The van der Waals surface area contributed by atoms with Gasteiger partial charge in [0.25, 0.3) is 0 Å². The van der Waals surface area contributed by atoms with Gasteiger partial charge in [-0.25, -0.2) is 9.13 Å². The van der Waals surface area contributed by atoms with Gasteiger partial charge in [-0.1, -0.05) is 12.1 Å². The third kappa shape index (κ3) is 6.82. The standard InChI is InChI=1S/2C6H8N.Co/c2*1-7-5-3-2-4-6-7;/h2*2-6H,1H3;/q2*+1;+2. The second kappa shape index (κ2) is 8.14. The molecule has 1 radical (unpaired) electrons. The van der Waals surface area contributed by atoms with Gasteiger partial charge in [-0.2, -0.15) is 0 Å². The number of nitrogens with zero attached hydrogens (tertiary/aromatic N) is 2. The fourth-order valence-electron chi connectivity index (χ4n) is 0.969. The Hall–Kier alpha value is -1.19. The predicted molar refractivity (Wildman–Crippen MR) is 55.2 cm³/mol. The number of aromatic nitrogens is 2. The summed E-state index contributed by atoms with van der Waals surface area (Å²) in [5.41, 5.74) is 0. The molecule has 0 saturated heterocycles. The van der Waals surface area contributed by atoms with E-state index >= 15 is 0 Å². The SMILES string of the molecule is C[n+]1ccccc1.C[n+]1ccccc1.[Co+2]. The van der Waals surface area contributed by atoms with Crippen molar-refractivity contribution in [1.82, 2.24) is 0 Å². The molecule has 2 heterocycles. The largest absolute Gasteiger partial charge is 2.00 e. The number of hydrogen-bond donors (Lipinski definition) is 0. The van der Waals surface area contributed by atoms with Gasteiger partial charge in [0.2, 0.25) is 0 Å². The average molecular weight is 247 g/mol. The Morgan fingerprint density at radius 1 is 0.533 bits per heavy atom. The molecule has 15 heavy (non-hydrogen) atoms. The van der Waals surface area contributed by atoms with Gasteiger partial charge < -0.3 is 0 Å². The topological polar surface area (TPSA) is 7.76 Å². The molecule has 0 spiro atoms. The number of rotatable bonds is 0. The van der Waals surface area contributed by atoms with Crippen LogP contribution in [0.4, 0.5) is 0 Å². The van der Waals surface area contributed by atoms with E-state index in [-0.39, 0.29) is 16.8 Å². The maximum absolute atomic E-state index is 2.00. The van der Waals surface area contributed by atoms with Gasteiger partial charge in [-0.05, 0) is 0 Å². The average Bonchev–Trinajstić information content (AvgIpc) is 2.21. The fraction of sp³-hybridized carbons (Fsp3) is 0.167. The number of pyridine rings is 2. The minimum absolute atomic E-state index is 0. The van der Waals surface area contributed by atoms with Crippen LogP contribution in [0.5, 0.6) is 0 Å². The maximum Gasteiger partial charge on any atom is 2.00 e. The molecule has 0 N–H and O–H groups in total. The Bertz CT molecular complexity index is 311. The van der Waals surface area contributed by atoms with Crippen LogP contribution < -0.4 is 9.13 Å². The molecule has 79 valence electrons. The van der Waals surface area contributed by atoms with Crippen molar-refractivity contribution in [3.63, 3.8) is 0 Å². The zero-order chi connectivity index (χ0) is 10.2. The van der Waals surface area contributed by atoms with Crippen molar-refractivity contribution >= 4 is 0 Å². The van der Waals surface area contributed by atoms with E-state index in [1.165, 1.54) is 0 Å². The van der Waals surface area contributed by atoms with Gasteiger partial charge in [0.05, 0.1) is 0 Å². The molecule has 2 nitrogen and oxygen atoms in total. The fourth-order valence-corrected chi connectivity index (χ4v) is 0.969. The first-order chi connectivity index (χ1) is 6.79. The minimum Gasteiger partial charge on any atom is -0.208 e. The molecule has 0 aliphatic heterocycles. The summed E-state index contributed by atoms with van der Waals surface area (Å²) in [6.45, 7) is 0. The Morgan fingerprint density at radius 2 is 0.800 bits per heavy atom. The Balaban J connectivity index is 0.000000245. The van der Waals surface area contributed by atoms with Crippen LogP contribution in [0.15, 0.2) is 61.2 Å². The first kappa shape index (κ1) is 13.8. The quantitative estimate of drug-likeness (QED) is 0.614. The smallest absolute Gasteiger partial charge is 0.208 e. The summed E-state index contributed by atoms with van der Waals surface area (Å²) < 4.78 is 4.00. The molecular weight excluding hydrogens is 231 g/mol. The third-order valence-electron chi connectivity index (χ3n) is 1.73. The van der Waals surface area contributed by atoms with E-state index in [2.05, 4.69) is 0 Å². The molecule has 0 saturated carbocycles. The van der Waals surface area contributed by atoms with Crippen molar-refractivity contribution in [1.29, 1.82) is 0 Å². The van der Waals surface area contributed by atoms with Crippen LogP contribution in [0.3, 0.4) is 0 Å². The van der Waals surface area contributed by atoms with E-state index in [0.717, 1.165) is 0 Å². The van der Waals surface area contributed by atoms with Crippen LogP contribution in [-0.2, 0) is 30.9 Å². The van der Waals surface area contributed by atoms with Crippen molar-refractivity contribution in [2.75, 3.05) is 0 Å². The molecule has 0 fully saturated rings. The van der Waals surface area contributed by atoms with E-state index in [1.807, 2.05) is 84.4 Å². The van der Waals surface area contributed by atoms with Crippen molar-refractivity contribution < 1.29 is 25.9 Å². The zero-order valence-electron chi connectivity index (χ0n) is 9.00. The summed E-state index contributed by atoms with van der Waals surface area (Å²) in [6.07, 6.45) is 8.00. The van der Waals surface area contributed by atoms with Gasteiger partial charge in [-0.15, -0.1) is 0 Å². The van der Waals surface area contributed by atoms with Gasteiger partial charge in [0.15, 0.2) is 24.8 Å². The second-order valence-electron chi connectivity index (χ2n) is 3.08. The third-order valence-corrected chi connectivity index (χ3v) is 1.73. The van der Waals surface area contributed by atoms with Crippen LogP contribution in [0.2, 0.25) is 0 Å². The molecule has 0 bridgehead atoms. The Kier molecular flexibility index (Phi) is 7.49. The molecule has 3 heteroatoms. The first-order valence-electron chi connectivity index (χ1n) is 4.59. The molecule has 0 aromatic carbocycles. The summed E-state index contributed by atoms with van der Waals surface area (Å²) in [4.78, 5) is 0. The van der Waals surface area contributed by atoms with Gasteiger partial charge in [0.1, 0.15) is 14.1 Å².